The Balaban J connectivity index is 1.98. The van der Waals surface area contributed by atoms with Crippen molar-refractivity contribution in [2.45, 2.75) is 46.5 Å². The number of hydrogen-bond acceptors (Lipinski definition) is 0. The van der Waals surface area contributed by atoms with Crippen molar-refractivity contribution in [3.63, 3.8) is 0 Å². The molecular formula is C10H18. The molecule has 3 aliphatic rings. The minimum Gasteiger partial charge on any atom is -0.0649 e. The topological polar surface area (TPSA) is 0 Å². The monoisotopic (exact) mass is 138 g/mol. The average molecular weight is 138 g/mol. The fraction of sp³-hybridized carbons (Fsp3) is 1.00. The van der Waals surface area contributed by atoms with E-state index in [0.717, 1.165) is 16.7 Å². The van der Waals surface area contributed by atoms with Gasteiger partial charge in [0.2, 0.25) is 0 Å². The first-order valence-corrected chi connectivity index (χ1v) is 4.63. The van der Waals surface area contributed by atoms with Gasteiger partial charge in [0.15, 0.2) is 0 Å². The Morgan fingerprint density at radius 2 is 1.70 bits per heavy atom. The summed E-state index contributed by atoms with van der Waals surface area (Å²) in [4.78, 5) is 0. The highest BCUT2D eigenvalue weighted by Crippen LogP contribution is 2.77. The lowest BCUT2D eigenvalue weighted by molar-refractivity contribution is -0.230. The second kappa shape index (κ2) is 1.60. The second-order valence-electron chi connectivity index (χ2n) is 4.90. The molecule has 10 heavy (non-hydrogen) atoms. The minimum absolute atomic E-state index is 0.829. The molecule has 0 N–H and O–H groups in total. The van der Waals surface area contributed by atoms with Gasteiger partial charge in [-0.05, 0) is 36.0 Å². The molecule has 3 saturated carbocycles. The zero-order valence-electron chi connectivity index (χ0n) is 7.41. The maximum Gasteiger partial charge on any atom is -0.0259 e. The van der Waals surface area contributed by atoms with Gasteiger partial charge in [0.25, 0.3) is 0 Å². The normalized spacial score (nSPS) is 50.4. The fourth-order valence-corrected chi connectivity index (χ4v) is 3.07. The largest absolute Gasteiger partial charge is 0.0649 e. The summed E-state index contributed by atoms with van der Waals surface area (Å²) < 4.78 is 0. The third-order valence-corrected chi connectivity index (χ3v) is 4.16. The number of rotatable bonds is 2. The molecular weight excluding hydrogens is 120 g/mol. The van der Waals surface area contributed by atoms with Crippen LogP contribution in [0.2, 0.25) is 0 Å². The maximum atomic E-state index is 2.39. The summed E-state index contributed by atoms with van der Waals surface area (Å²) in [6, 6.07) is 0. The van der Waals surface area contributed by atoms with Gasteiger partial charge in [-0.15, -0.1) is 0 Å². The lowest BCUT2D eigenvalue weighted by Crippen LogP contribution is -2.63. The van der Waals surface area contributed by atoms with Crippen molar-refractivity contribution in [3.05, 3.63) is 0 Å². The zero-order valence-corrected chi connectivity index (χ0v) is 7.41. The highest BCUT2D eigenvalue weighted by molar-refractivity contribution is 5.17. The molecule has 0 aromatic heterocycles. The van der Waals surface area contributed by atoms with Crippen molar-refractivity contribution in [3.8, 4) is 0 Å². The molecule has 0 aliphatic heterocycles. The van der Waals surface area contributed by atoms with Crippen molar-refractivity contribution in [2.75, 3.05) is 0 Å². The van der Waals surface area contributed by atoms with Crippen molar-refractivity contribution in [1.29, 1.82) is 0 Å². The van der Waals surface area contributed by atoms with Crippen LogP contribution in [0.25, 0.3) is 0 Å². The molecule has 0 spiro atoms. The van der Waals surface area contributed by atoms with Crippen molar-refractivity contribution in [2.24, 2.45) is 16.7 Å². The lowest BCUT2D eigenvalue weighted by atomic mass is 9.32. The summed E-state index contributed by atoms with van der Waals surface area (Å²) in [5.41, 5.74) is 1.68. The van der Waals surface area contributed by atoms with Gasteiger partial charge in [-0.25, -0.2) is 0 Å². The molecule has 3 aliphatic carbocycles. The summed E-state index contributed by atoms with van der Waals surface area (Å²) in [5, 5.41) is 0. The predicted octanol–water partition coefficient (Wildman–Crippen LogP) is 3.22. The highest BCUT2D eigenvalue weighted by atomic mass is 14.7. The third-order valence-electron chi connectivity index (χ3n) is 4.16. The van der Waals surface area contributed by atoms with E-state index in [1.807, 2.05) is 0 Å². The quantitative estimate of drug-likeness (QED) is 0.549. The van der Waals surface area contributed by atoms with E-state index in [-0.39, 0.29) is 0 Å². The molecule has 0 nitrogen and oxygen atoms in total. The van der Waals surface area contributed by atoms with Gasteiger partial charge in [-0.3, -0.25) is 0 Å². The van der Waals surface area contributed by atoms with Crippen LogP contribution < -0.4 is 0 Å². The van der Waals surface area contributed by atoms with Gasteiger partial charge in [-0.2, -0.15) is 0 Å². The summed E-state index contributed by atoms with van der Waals surface area (Å²) in [7, 11) is 0. The smallest absolute Gasteiger partial charge is 0.0259 e. The van der Waals surface area contributed by atoms with E-state index in [1.165, 1.54) is 6.42 Å². The highest BCUT2D eigenvalue weighted by Gasteiger charge is 2.67. The van der Waals surface area contributed by atoms with Crippen LogP contribution in [-0.4, -0.2) is 0 Å². The summed E-state index contributed by atoms with van der Waals surface area (Å²) in [6.07, 6.45) is 6.08. The van der Waals surface area contributed by atoms with Crippen LogP contribution >= 0.6 is 0 Å². The molecule has 2 bridgehead atoms. The molecule has 0 amide bonds. The van der Waals surface area contributed by atoms with Crippen molar-refractivity contribution in [1.82, 2.24) is 0 Å². The van der Waals surface area contributed by atoms with E-state index in [4.69, 9.17) is 0 Å². The Kier molecular flexibility index (Phi) is 1.07. The van der Waals surface area contributed by atoms with E-state index < -0.39 is 0 Å². The molecule has 0 radical (unpaired) electrons. The Labute approximate surface area is 64.0 Å². The molecule has 3 rings (SSSR count). The van der Waals surface area contributed by atoms with Crippen molar-refractivity contribution >= 4 is 0 Å². The minimum atomic E-state index is 0.829. The molecule has 0 aromatic carbocycles. The summed E-state index contributed by atoms with van der Waals surface area (Å²) in [6.45, 7) is 7.13. The first kappa shape index (κ1) is 6.69. The van der Waals surface area contributed by atoms with Gasteiger partial charge in [-0.1, -0.05) is 27.2 Å². The van der Waals surface area contributed by atoms with E-state index in [1.54, 1.807) is 19.3 Å². The predicted molar refractivity (Wildman–Crippen MR) is 43.8 cm³/mol. The third kappa shape index (κ3) is 0.538. The van der Waals surface area contributed by atoms with Crippen LogP contribution in [0, 0.1) is 16.7 Å². The molecule has 0 heteroatoms. The van der Waals surface area contributed by atoms with Gasteiger partial charge < -0.3 is 0 Å². The zero-order chi connectivity index (χ0) is 7.41. The molecule has 0 unspecified atom stereocenters. The molecule has 0 saturated heterocycles. The maximum absolute atomic E-state index is 2.39. The second-order valence-corrected chi connectivity index (χ2v) is 4.90. The fourth-order valence-electron chi connectivity index (χ4n) is 3.07. The molecule has 3 fully saturated rings. The Hall–Kier alpha value is 0. The van der Waals surface area contributed by atoms with Crippen molar-refractivity contribution < 1.29 is 0 Å². The van der Waals surface area contributed by atoms with Gasteiger partial charge >= 0.3 is 0 Å². The molecule has 0 atom stereocenters. The van der Waals surface area contributed by atoms with E-state index in [9.17, 15) is 0 Å². The summed E-state index contributed by atoms with van der Waals surface area (Å²) >= 11 is 0. The van der Waals surface area contributed by atoms with Crippen LogP contribution in [0.5, 0.6) is 0 Å². The Morgan fingerprint density at radius 1 is 1.20 bits per heavy atom. The van der Waals surface area contributed by atoms with Crippen LogP contribution in [0.4, 0.5) is 0 Å². The molecule has 58 valence electrons. The van der Waals surface area contributed by atoms with Gasteiger partial charge in [0, 0.05) is 0 Å². The molecule has 0 aromatic rings. The Morgan fingerprint density at radius 3 is 2.00 bits per heavy atom. The average Bonchev–Trinajstić information content (AvgIpc) is 1.57. The first-order valence-electron chi connectivity index (χ1n) is 4.63. The van der Waals surface area contributed by atoms with Crippen LogP contribution in [0.1, 0.15) is 46.5 Å². The van der Waals surface area contributed by atoms with Crippen LogP contribution in [-0.2, 0) is 0 Å². The SMILES string of the molecule is CCC12CC(C(C)C)(C1)C2. The van der Waals surface area contributed by atoms with Crippen LogP contribution in [0.15, 0.2) is 0 Å². The van der Waals surface area contributed by atoms with E-state index in [0.29, 0.717) is 0 Å². The molecule has 0 heterocycles. The van der Waals surface area contributed by atoms with Gasteiger partial charge in [0.05, 0.1) is 0 Å². The lowest BCUT2D eigenvalue weighted by Gasteiger charge is -2.73. The number of hydrogen-bond donors (Lipinski definition) is 0. The first-order chi connectivity index (χ1) is 4.63. The van der Waals surface area contributed by atoms with E-state index in [2.05, 4.69) is 20.8 Å². The van der Waals surface area contributed by atoms with Crippen LogP contribution in [0.3, 0.4) is 0 Å². The summed E-state index contributed by atoms with van der Waals surface area (Å²) in [5.74, 6) is 0.945. The standard InChI is InChI=1S/C10H18/c1-4-9-5-10(6-9,7-9)8(2)3/h8H,4-7H2,1-3H3. The van der Waals surface area contributed by atoms with Gasteiger partial charge in [0.1, 0.15) is 0 Å². The van der Waals surface area contributed by atoms with E-state index >= 15 is 0 Å². The Bertz CT molecular complexity index is 136.